The van der Waals surface area contributed by atoms with Crippen molar-refractivity contribution >= 4 is 16.7 Å². The second-order valence-electron chi connectivity index (χ2n) is 5.78. The Kier molecular flexibility index (Phi) is 3.28. The second-order valence-corrected chi connectivity index (χ2v) is 5.78. The number of ether oxygens (including phenoxy) is 1. The molecule has 1 N–H and O–H groups in total. The topological polar surface area (TPSA) is 42.1 Å². The van der Waals surface area contributed by atoms with Gasteiger partial charge in [-0.05, 0) is 37.5 Å². The van der Waals surface area contributed by atoms with Crippen LogP contribution in [0, 0.1) is 5.41 Å². The molecule has 3 rings (SSSR count). The van der Waals surface area contributed by atoms with E-state index in [2.05, 4.69) is 11.9 Å². The van der Waals surface area contributed by atoms with E-state index in [-0.39, 0.29) is 5.41 Å². The molecule has 0 bridgehead atoms. The molecule has 1 aliphatic rings. The first kappa shape index (κ1) is 13.2. The van der Waals surface area contributed by atoms with Gasteiger partial charge in [0.1, 0.15) is 5.75 Å². The van der Waals surface area contributed by atoms with E-state index in [0.29, 0.717) is 5.78 Å². The number of nitrogens with one attached hydrogen (secondary N) is 1. The fraction of sp³-hybridized carbons (Fsp3) is 0.471. The van der Waals surface area contributed by atoms with Crippen molar-refractivity contribution in [3.8, 4) is 5.75 Å². The first-order valence-electron chi connectivity index (χ1n) is 7.40. The number of benzene rings is 1. The number of Topliss-reactive ketones (excluding diaryl/α,β-unsaturated/α-hetero) is 1. The zero-order valence-corrected chi connectivity index (χ0v) is 12.2. The Labute approximate surface area is 119 Å². The SMILES string of the molecule is CCC1(C(=O)c2c[nH]c3ccc(OC)cc23)CCCC1. The van der Waals surface area contributed by atoms with E-state index in [1.54, 1.807) is 7.11 Å². The van der Waals surface area contributed by atoms with Crippen LogP contribution < -0.4 is 4.74 Å². The Hall–Kier alpha value is -1.77. The van der Waals surface area contributed by atoms with E-state index in [4.69, 9.17) is 4.74 Å². The molecule has 0 saturated heterocycles. The number of ketones is 1. The highest BCUT2D eigenvalue weighted by molar-refractivity contribution is 6.10. The quantitative estimate of drug-likeness (QED) is 0.841. The second kappa shape index (κ2) is 4.97. The van der Waals surface area contributed by atoms with Crippen molar-refractivity contribution in [1.29, 1.82) is 0 Å². The van der Waals surface area contributed by atoms with E-state index < -0.39 is 0 Å². The predicted octanol–water partition coefficient (Wildman–Crippen LogP) is 4.33. The summed E-state index contributed by atoms with van der Waals surface area (Å²) in [4.78, 5) is 16.2. The summed E-state index contributed by atoms with van der Waals surface area (Å²) in [7, 11) is 1.65. The fourth-order valence-corrected chi connectivity index (χ4v) is 3.49. The molecule has 1 fully saturated rings. The molecular formula is C17H21NO2. The number of hydrogen-bond acceptors (Lipinski definition) is 2. The fourth-order valence-electron chi connectivity index (χ4n) is 3.49. The number of hydrogen-bond donors (Lipinski definition) is 1. The number of carbonyl (C=O) groups is 1. The number of fused-ring (bicyclic) bond motifs is 1. The van der Waals surface area contributed by atoms with Gasteiger partial charge in [-0.1, -0.05) is 19.8 Å². The number of rotatable bonds is 4. The highest BCUT2D eigenvalue weighted by Gasteiger charge is 2.40. The Morgan fingerprint density at radius 2 is 2.10 bits per heavy atom. The first-order chi connectivity index (χ1) is 9.70. The van der Waals surface area contributed by atoms with Gasteiger partial charge in [0.2, 0.25) is 0 Å². The maximum atomic E-state index is 13.0. The van der Waals surface area contributed by atoms with Gasteiger partial charge in [-0.25, -0.2) is 0 Å². The molecule has 0 atom stereocenters. The number of carbonyl (C=O) groups excluding carboxylic acids is 1. The minimum atomic E-state index is -0.141. The summed E-state index contributed by atoms with van der Waals surface area (Å²) in [5.41, 5.74) is 1.68. The molecule has 1 saturated carbocycles. The molecule has 1 aliphatic carbocycles. The summed E-state index contributed by atoms with van der Waals surface area (Å²) >= 11 is 0. The largest absolute Gasteiger partial charge is 0.497 e. The third kappa shape index (κ3) is 1.92. The lowest BCUT2D eigenvalue weighted by atomic mass is 9.76. The average Bonchev–Trinajstić information content (AvgIpc) is 3.13. The highest BCUT2D eigenvalue weighted by atomic mass is 16.5. The van der Waals surface area contributed by atoms with E-state index >= 15 is 0 Å². The van der Waals surface area contributed by atoms with Crippen molar-refractivity contribution in [3.05, 3.63) is 30.0 Å². The van der Waals surface area contributed by atoms with Crippen molar-refractivity contribution in [2.24, 2.45) is 5.41 Å². The van der Waals surface area contributed by atoms with Gasteiger partial charge in [0.15, 0.2) is 5.78 Å². The number of aromatic nitrogens is 1. The van der Waals surface area contributed by atoms with Crippen LogP contribution in [-0.4, -0.2) is 17.9 Å². The average molecular weight is 271 g/mol. The Bertz CT molecular complexity index is 635. The van der Waals surface area contributed by atoms with Gasteiger partial charge in [0.05, 0.1) is 7.11 Å². The highest BCUT2D eigenvalue weighted by Crippen LogP contribution is 2.44. The molecule has 0 unspecified atom stereocenters. The zero-order valence-electron chi connectivity index (χ0n) is 12.2. The van der Waals surface area contributed by atoms with E-state index in [9.17, 15) is 4.79 Å². The van der Waals surface area contributed by atoms with Crippen LogP contribution in [0.2, 0.25) is 0 Å². The monoisotopic (exact) mass is 271 g/mol. The van der Waals surface area contributed by atoms with E-state index in [1.807, 2.05) is 24.4 Å². The Morgan fingerprint density at radius 3 is 2.75 bits per heavy atom. The van der Waals surface area contributed by atoms with Gasteiger partial charge in [0, 0.05) is 28.1 Å². The Balaban J connectivity index is 2.07. The molecule has 0 radical (unpaired) electrons. The van der Waals surface area contributed by atoms with Gasteiger partial charge in [-0.15, -0.1) is 0 Å². The minimum absolute atomic E-state index is 0.141. The summed E-state index contributed by atoms with van der Waals surface area (Å²) in [5, 5.41) is 0.981. The number of aromatic amines is 1. The van der Waals surface area contributed by atoms with Crippen molar-refractivity contribution in [2.75, 3.05) is 7.11 Å². The van der Waals surface area contributed by atoms with Crippen LogP contribution in [0.5, 0.6) is 5.75 Å². The van der Waals surface area contributed by atoms with Crippen LogP contribution in [0.1, 0.15) is 49.4 Å². The third-order valence-electron chi connectivity index (χ3n) is 4.85. The van der Waals surface area contributed by atoms with Crippen LogP contribution in [0.25, 0.3) is 10.9 Å². The summed E-state index contributed by atoms with van der Waals surface area (Å²) in [6.45, 7) is 2.14. The molecule has 0 spiro atoms. The molecule has 106 valence electrons. The zero-order chi connectivity index (χ0) is 14.2. The van der Waals surface area contributed by atoms with E-state index in [0.717, 1.165) is 41.5 Å². The van der Waals surface area contributed by atoms with Gasteiger partial charge < -0.3 is 9.72 Å². The maximum Gasteiger partial charge on any atom is 0.171 e. The van der Waals surface area contributed by atoms with E-state index in [1.165, 1.54) is 12.8 Å². The van der Waals surface area contributed by atoms with Gasteiger partial charge in [-0.2, -0.15) is 0 Å². The summed E-state index contributed by atoms with van der Waals surface area (Å²) < 4.78 is 5.28. The lowest BCUT2D eigenvalue weighted by Crippen LogP contribution is -2.27. The lowest BCUT2D eigenvalue weighted by molar-refractivity contribution is 0.0793. The summed E-state index contributed by atoms with van der Waals surface area (Å²) in [5.74, 6) is 1.10. The summed E-state index contributed by atoms with van der Waals surface area (Å²) in [6.07, 6.45) is 7.19. The van der Waals surface area contributed by atoms with Crippen LogP contribution in [0.15, 0.2) is 24.4 Å². The van der Waals surface area contributed by atoms with Crippen LogP contribution in [0.4, 0.5) is 0 Å². The number of H-pyrrole nitrogens is 1. The normalized spacial score (nSPS) is 17.5. The Morgan fingerprint density at radius 1 is 1.35 bits per heavy atom. The van der Waals surface area contributed by atoms with Crippen LogP contribution >= 0.6 is 0 Å². The van der Waals surface area contributed by atoms with Crippen molar-refractivity contribution in [3.63, 3.8) is 0 Å². The smallest absolute Gasteiger partial charge is 0.171 e. The molecule has 1 heterocycles. The maximum absolute atomic E-state index is 13.0. The molecule has 1 aromatic heterocycles. The van der Waals surface area contributed by atoms with Crippen LogP contribution in [0.3, 0.4) is 0 Å². The molecule has 3 nitrogen and oxygen atoms in total. The van der Waals surface area contributed by atoms with Crippen molar-refractivity contribution in [1.82, 2.24) is 4.98 Å². The first-order valence-corrected chi connectivity index (χ1v) is 7.40. The number of methoxy groups -OCH3 is 1. The minimum Gasteiger partial charge on any atom is -0.497 e. The molecule has 2 aromatic rings. The van der Waals surface area contributed by atoms with Crippen molar-refractivity contribution < 1.29 is 9.53 Å². The summed E-state index contributed by atoms with van der Waals surface area (Å²) in [6, 6.07) is 5.84. The van der Waals surface area contributed by atoms with Gasteiger partial charge in [0.25, 0.3) is 0 Å². The molecule has 0 amide bonds. The third-order valence-corrected chi connectivity index (χ3v) is 4.85. The molecular weight excluding hydrogens is 250 g/mol. The lowest BCUT2D eigenvalue weighted by Gasteiger charge is -2.25. The predicted molar refractivity (Wildman–Crippen MR) is 80.4 cm³/mol. The molecule has 1 aromatic carbocycles. The molecule has 20 heavy (non-hydrogen) atoms. The van der Waals surface area contributed by atoms with Gasteiger partial charge >= 0.3 is 0 Å². The van der Waals surface area contributed by atoms with Crippen LogP contribution in [-0.2, 0) is 0 Å². The van der Waals surface area contributed by atoms with Gasteiger partial charge in [-0.3, -0.25) is 4.79 Å². The standard InChI is InChI=1S/C17H21NO2/c1-3-17(8-4-5-9-17)16(19)14-11-18-15-7-6-12(20-2)10-13(14)15/h6-7,10-11,18H,3-5,8-9H2,1-2H3. The molecule has 0 aliphatic heterocycles. The molecule has 3 heteroatoms. The van der Waals surface area contributed by atoms with Crippen molar-refractivity contribution in [2.45, 2.75) is 39.0 Å².